The highest BCUT2D eigenvalue weighted by atomic mass is 15.2. The maximum absolute atomic E-state index is 5.33. The average molecular weight is 470 g/mol. The van der Waals surface area contributed by atoms with Crippen LogP contribution in [0, 0.1) is 0 Å². The minimum Gasteiger partial charge on any atom is -0.303 e. The summed E-state index contributed by atoms with van der Waals surface area (Å²) < 4.78 is 1.94. The molecule has 0 spiro atoms. The standard InChI is InChI=1S/C30H39N5/c1-4-5-6-7-12-22(18-19-23-13-11-20-34(23)2)30-32-27-16-9-8-14-25(27)29(33-30)24-15-10-17-28-26(24)21-31-35(28)3/h8-10,14-17,21-23H,4-7,11-13,18-20H2,1-3H3/t22?,23-/m1/s1. The molecule has 2 aromatic carbocycles. The summed E-state index contributed by atoms with van der Waals surface area (Å²) in [6.07, 6.45) is 13.3. The number of fused-ring (bicyclic) bond motifs is 2. The number of aromatic nitrogens is 4. The summed E-state index contributed by atoms with van der Waals surface area (Å²) in [5.41, 5.74) is 4.37. The number of nitrogens with zero attached hydrogens (tertiary/aromatic N) is 5. The van der Waals surface area contributed by atoms with Crippen LogP contribution in [0.3, 0.4) is 0 Å². The fraction of sp³-hybridized carbons (Fsp3) is 0.500. The molecule has 35 heavy (non-hydrogen) atoms. The molecular weight excluding hydrogens is 430 g/mol. The van der Waals surface area contributed by atoms with Crippen LogP contribution in [0.1, 0.15) is 76.5 Å². The van der Waals surface area contributed by atoms with Crippen LogP contribution in [0.4, 0.5) is 0 Å². The maximum atomic E-state index is 5.33. The van der Waals surface area contributed by atoms with Gasteiger partial charge in [-0.3, -0.25) is 4.68 Å². The first-order valence-corrected chi connectivity index (χ1v) is 13.5. The number of para-hydroxylation sites is 1. The van der Waals surface area contributed by atoms with Crippen molar-refractivity contribution < 1.29 is 0 Å². The van der Waals surface area contributed by atoms with Crippen LogP contribution >= 0.6 is 0 Å². The van der Waals surface area contributed by atoms with E-state index < -0.39 is 0 Å². The van der Waals surface area contributed by atoms with E-state index in [2.05, 4.69) is 66.4 Å². The van der Waals surface area contributed by atoms with Gasteiger partial charge in [0.1, 0.15) is 5.82 Å². The molecular formula is C30H39N5. The molecule has 1 saturated heterocycles. The molecule has 2 atom stereocenters. The third-order valence-corrected chi connectivity index (χ3v) is 7.96. The van der Waals surface area contributed by atoms with Crippen molar-refractivity contribution >= 4 is 21.8 Å². The quantitative estimate of drug-likeness (QED) is 0.232. The van der Waals surface area contributed by atoms with Gasteiger partial charge in [0.05, 0.1) is 22.9 Å². The Kier molecular flexibility index (Phi) is 7.43. The van der Waals surface area contributed by atoms with Crippen LogP contribution in [0.5, 0.6) is 0 Å². The van der Waals surface area contributed by atoms with Gasteiger partial charge in [0.25, 0.3) is 0 Å². The monoisotopic (exact) mass is 469 g/mol. The molecule has 5 nitrogen and oxygen atoms in total. The van der Waals surface area contributed by atoms with Crippen molar-refractivity contribution in [2.75, 3.05) is 13.6 Å². The van der Waals surface area contributed by atoms with Gasteiger partial charge in [-0.05, 0) is 57.8 Å². The van der Waals surface area contributed by atoms with E-state index in [1.165, 1.54) is 57.9 Å². The molecule has 3 heterocycles. The molecule has 0 aliphatic carbocycles. The second kappa shape index (κ2) is 10.9. The molecule has 0 amide bonds. The number of likely N-dealkylation sites (tertiary alicyclic amines) is 1. The third kappa shape index (κ3) is 5.11. The lowest BCUT2D eigenvalue weighted by molar-refractivity contribution is 0.282. The van der Waals surface area contributed by atoms with Gasteiger partial charge in [0, 0.05) is 35.3 Å². The van der Waals surface area contributed by atoms with Crippen molar-refractivity contribution in [2.24, 2.45) is 7.05 Å². The van der Waals surface area contributed by atoms with Crippen LogP contribution in [-0.4, -0.2) is 44.3 Å². The van der Waals surface area contributed by atoms with Gasteiger partial charge in [-0.15, -0.1) is 0 Å². The molecule has 0 bridgehead atoms. The fourth-order valence-corrected chi connectivity index (χ4v) is 5.82. The minimum absolute atomic E-state index is 0.400. The van der Waals surface area contributed by atoms with E-state index in [0.29, 0.717) is 12.0 Å². The number of aryl methyl sites for hydroxylation is 1. The molecule has 1 fully saturated rings. The summed E-state index contributed by atoms with van der Waals surface area (Å²) in [6.45, 7) is 3.52. The first-order valence-electron chi connectivity index (χ1n) is 13.5. The zero-order valence-electron chi connectivity index (χ0n) is 21.6. The van der Waals surface area contributed by atoms with E-state index >= 15 is 0 Å². The Morgan fingerprint density at radius 3 is 2.66 bits per heavy atom. The van der Waals surface area contributed by atoms with E-state index in [-0.39, 0.29) is 0 Å². The Labute approximate surface area is 209 Å². The lowest BCUT2D eigenvalue weighted by Gasteiger charge is -2.23. The topological polar surface area (TPSA) is 46.8 Å². The zero-order valence-corrected chi connectivity index (χ0v) is 21.6. The van der Waals surface area contributed by atoms with E-state index in [4.69, 9.17) is 9.97 Å². The fourth-order valence-electron chi connectivity index (χ4n) is 5.82. The highest BCUT2D eigenvalue weighted by molar-refractivity contribution is 6.01. The molecule has 1 aliphatic heterocycles. The summed E-state index contributed by atoms with van der Waals surface area (Å²) in [4.78, 5) is 13.0. The molecule has 184 valence electrons. The van der Waals surface area contributed by atoms with Crippen LogP contribution in [0.25, 0.3) is 33.1 Å². The van der Waals surface area contributed by atoms with Gasteiger partial charge >= 0.3 is 0 Å². The predicted octanol–water partition coefficient (Wildman–Crippen LogP) is 7.11. The van der Waals surface area contributed by atoms with Gasteiger partial charge < -0.3 is 4.90 Å². The first-order chi connectivity index (χ1) is 17.2. The van der Waals surface area contributed by atoms with Crippen molar-refractivity contribution in [1.82, 2.24) is 24.6 Å². The van der Waals surface area contributed by atoms with E-state index in [0.717, 1.165) is 45.3 Å². The lowest BCUT2D eigenvalue weighted by atomic mass is 9.92. The Morgan fingerprint density at radius 2 is 1.83 bits per heavy atom. The molecule has 1 unspecified atom stereocenters. The van der Waals surface area contributed by atoms with Gasteiger partial charge in [-0.1, -0.05) is 62.9 Å². The van der Waals surface area contributed by atoms with Crippen molar-refractivity contribution in [3.05, 3.63) is 54.5 Å². The summed E-state index contributed by atoms with van der Waals surface area (Å²) in [7, 11) is 4.29. The van der Waals surface area contributed by atoms with E-state index in [1.54, 1.807) is 0 Å². The third-order valence-electron chi connectivity index (χ3n) is 7.96. The maximum Gasteiger partial charge on any atom is 0.132 e. The SMILES string of the molecule is CCCCCCC(CC[C@H]1CCCN1C)c1nc(-c2cccc3c2cnn3C)c2ccccc2n1. The van der Waals surface area contributed by atoms with Gasteiger partial charge in [0.15, 0.2) is 0 Å². The molecule has 0 radical (unpaired) electrons. The highest BCUT2D eigenvalue weighted by Crippen LogP contribution is 2.35. The van der Waals surface area contributed by atoms with Gasteiger partial charge in [-0.2, -0.15) is 5.10 Å². The molecule has 1 aliphatic rings. The second-order valence-corrected chi connectivity index (χ2v) is 10.4. The Morgan fingerprint density at radius 1 is 0.943 bits per heavy atom. The second-order valence-electron chi connectivity index (χ2n) is 10.4. The van der Waals surface area contributed by atoms with E-state index in [9.17, 15) is 0 Å². The number of hydrogen-bond donors (Lipinski definition) is 0. The molecule has 5 heteroatoms. The highest BCUT2D eigenvalue weighted by Gasteiger charge is 2.24. The average Bonchev–Trinajstić information content (AvgIpc) is 3.48. The van der Waals surface area contributed by atoms with Gasteiger partial charge in [-0.25, -0.2) is 9.97 Å². The van der Waals surface area contributed by atoms with Crippen LogP contribution in [0.2, 0.25) is 0 Å². The normalized spacial score (nSPS) is 17.5. The van der Waals surface area contributed by atoms with E-state index in [1.807, 2.05) is 17.9 Å². The largest absolute Gasteiger partial charge is 0.303 e. The summed E-state index contributed by atoms with van der Waals surface area (Å²) in [5.74, 6) is 1.43. The lowest BCUT2D eigenvalue weighted by Crippen LogP contribution is -2.25. The predicted molar refractivity (Wildman–Crippen MR) is 146 cm³/mol. The molecule has 4 aromatic rings. The van der Waals surface area contributed by atoms with Crippen molar-refractivity contribution in [1.29, 1.82) is 0 Å². The minimum atomic E-state index is 0.400. The Balaban J connectivity index is 1.54. The zero-order chi connectivity index (χ0) is 24.2. The number of hydrogen-bond acceptors (Lipinski definition) is 4. The summed E-state index contributed by atoms with van der Waals surface area (Å²) in [6, 6.07) is 15.6. The smallest absolute Gasteiger partial charge is 0.132 e. The Hall–Kier alpha value is -2.79. The summed E-state index contributed by atoms with van der Waals surface area (Å²) >= 11 is 0. The molecule has 0 N–H and O–H groups in total. The Bertz CT molecular complexity index is 1280. The molecule has 5 rings (SSSR count). The van der Waals surface area contributed by atoms with Crippen molar-refractivity contribution in [3.8, 4) is 11.3 Å². The summed E-state index contributed by atoms with van der Waals surface area (Å²) in [5, 5.41) is 6.79. The first kappa shape index (κ1) is 23.9. The van der Waals surface area contributed by atoms with Crippen molar-refractivity contribution in [2.45, 2.75) is 76.7 Å². The van der Waals surface area contributed by atoms with Crippen molar-refractivity contribution in [3.63, 3.8) is 0 Å². The number of unbranched alkanes of at least 4 members (excludes halogenated alkanes) is 3. The number of benzene rings is 2. The van der Waals surface area contributed by atoms with Crippen LogP contribution in [-0.2, 0) is 7.05 Å². The molecule has 0 saturated carbocycles. The van der Waals surface area contributed by atoms with Crippen LogP contribution in [0.15, 0.2) is 48.7 Å². The van der Waals surface area contributed by atoms with Crippen LogP contribution < -0.4 is 0 Å². The van der Waals surface area contributed by atoms with Gasteiger partial charge in [0.2, 0.25) is 0 Å². The number of rotatable bonds is 10. The molecule has 2 aromatic heterocycles.